The second-order valence-corrected chi connectivity index (χ2v) is 6.64. The van der Waals surface area contributed by atoms with Crippen LogP contribution in [-0.2, 0) is 6.54 Å². The Labute approximate surface area is 168 Å². The second-order valence-electron chi connectivity index (χ2n) is 6.64. The van der Waals surface area contributed by atoms with Crippen LogP contribution < -0.4 is 0 Å². The maximum atomic E-state index is 4.74. The van der Waals surface area contributed by atoms with Gasteiger partial charge in [-0.1, -0.05) is 48.5 Å². The maximum Gasteiger partial charge on any atom is 0.138 e. The molecule has 3 aromatic heterocycles. The molecule has 3 heterocycles. The number of aromatic nitrogens is 6. The Kier molecular flexibility index (Phi) is 4.42. The van der Waals surface area contributed by atoms with Crippen LogP contribution >= 0.6 is 0 Å². The van der Waals surface area contributed by atoms with Gasteiger partial charge >= 0.3 is 0 Å². The molecule has 0 fully saturated rings. The molecule has 0 spiro atoms. The number of benzene rings is 2. The van der Waals surface area contributed by atoms with E-state index in [0.29, 0.717) is 6.54 Å². The molecule has 0 atom stereocenters. The van der Waals surface area contributed by atoms with Crippen molar-refractivity contribution in [3.8, 4) is 28.2 Å². The van der Waals surface area contributed by atoms with E-state index in [1.807, 2.05) is 61.1 Å². The van der Waals surface area contributed by atoms with Gasteiger partial charge in [0.1, 0.15) is 12.7 Å². The molecule has 29 heavy (non-hydrogen) atoms. The smallest absolute Gasteiger partial charge is 0.138 e. The summed E-state index contributed by atoms with van der Waals surface area (Å²) in [6, 6.07) is 24.5. The van der Waals surface area contributed by atoms with Crippen LogP contribution in [0, 0.1) is 0 Å². The quantitative estimate of drug-likeness (QED) is 0.459. The van der Waals surface area contributed by atoms with Gasteiger partial charge in [0.25, 0.3) is 0 Å². The van der Waals surface area contributed by atoms with Gasteiger partial charge < -0.3 is 4.57 Å². The number of pyridine rings is 1. The second kappa shape index (κ2) is 7.52. The first-order valence-corrected chi connectivity index (χ1v) is 9.34. The lowest BCUT2D eigenvalue weighted by Crippen LogP contribution is -2.03. The molecule has 6 nitrogen and oxygen atoms in total. The predicted molar refractivity (Wildman–Crippen MR) is 111 cm³/mol. The van der Waals surface area contributed by atoms with Crippen molar-refractivity contribution in [1.82, 2.24) is 29.3 Å². The average Bonchev–Trinajstić information content (AvgIpc) is 3.46. The Morgan fingerprint density at radius 2 is 1.55 bits per heavy atom. The molecule has 0 saturated carbocycles. The first-order valence-electron chi connectivity index (χ1n) is 9.34. The van der Waals surface area contributed by atoms with Crippen molar-refractivity contribution >= 4 is 0 Å². The molecule has 140 valence electrons. The van der Waals surface area contributed by atoms with Gasteiger partial charge in [-0.3, -0.25) is 4.98 Å². The molecule has 5 aromatic rings. The highest BCUT2D eigenvalue weighted by Gasteiger charge is 2.15. The Hall–Kier alpha value is -4.06. The van der Waals surface area contributed by atoms with Crippen LogP contribution in [0.15, 0.2) is 98.0 Å². The van der Waals surface area contributed by atoms with Crippen LogP contribution in [0.4, 0.5) is 0 Å². The fourth-order valence-corrected chi connectivity index (χ4v) is 3.39. The zero-order valence-electron chi connectivity index (χ0n) is 15.6. The van der Waals surface area contributed by atoms with Gasteiger partial charge in [-0.2, -0.15) is 5.10 Å². The molecule has 5 rings (SSSR count). The molecule has 0 radical (unpaired) electrons. The summed E-state index contributed by atoms with van der Waals surface area (Å²) in [4.78, 5) is 13.2. The Morgan fingerprint density at radius 1 is 0.724 bits per heavy atom. The van der Waals surface area contributed by atoms with Crippen molar-refractivity contribution in [2.24, 2.45) is 0 Å². The summed E-state index contributed by atoms with van der Waals surface area (Å²) >= 11 is 0. The van der Waals surface area contributed by atoms with Gasteiger partial charge in [0.05, 0.1) is 35.6 Å². The Balaban J connectivity index is 1.60. The van der Waals surface area contributed by atoms with Crippen molar-refractivity contribution in [2.75, 3.05) is 0 Å². The zero-order chi connectivity index (χ0) is 19.5. The largest absolute Gasteiger partial charge is 0.324 e. The monoisotopic (exact) mass is 378 g/mol. The van der Waals surface area contributed by atoms with Gasteiger partial charge in [0.15, 0.2) is 0 Å². The SMILES string of the molecule is c1ccc(-c2ncn(Cc3ccccn3)c2-c2ccc(-n3cncn3)cc2)cc1. The van der Waals surface area contributed by atoms with E-state index in [9.17, 15) is 0 Å². The average molecular weight is 378 g/mol. The van der Waals surface area contributed by atoms with Gasteiger partial charge in [0.2, 0.25) is 0 Å². The summed E-state index contributed by atoms with van der Waals surface area (Å²) in [5, 5.41) is 4.20. The van der Waals surface area contributed by atoms with E-state index in [2.05, 4.69) is 43.9 Å². The molecule has 2 aromatic carbocycles. The Bertz CT molecular complexity index is 1190. The summed E-state index contributed by atoms with van der Waals surface area (Å²) in [5.41, 5.74) is 6.14. The first kappa shape index (κ1) is 17.1. The lowest BCUT2D eigenvalue weighted by Gasteiger charge is -2.11. The lowest BCUT2D eigenvalue weighted by atomic mass is 10.0. The summed E-state index contributed by atoms with van der Waals surface area (Å²) in [6.45, 7) is 0.654. The number of imidazole rings is 1. The first-order chi connectivity index (χ1) is 14.4. The topological polar surface area (TPSA) is 61.4 Å². The minimum Gasteiger partial charge on any atom is -0.324 e. The highest BCUT2D eigenvalue weighted by Crippen LogP contribution is 2.32. The molecule has 0 N–H and O–H groups in total. The van der Waals surface area contributed by atoms with Gasteiger partial charge in [-0.15, -0.1) is 0 Å². The van der Waals surface area contributed by atoms with Gasteiger partial charge in [-0.25, -0.2) is 14.6 Å². The van der Waals surface area contributed by atoms with Crippen LogP contribution in [0.25, 0.3) is 28.2 Å². The number of rotatable bonds is 5. The van der Waals surface area contributed by atoms with E-state index in [1.165, 1.54) is 6.33 Å². The maximum absolute atomic E-state index is 4.74. The van der Waals surface area contributed by atoms with E-state index in [4.69, 9.17) is 4.98 Å². The molecule has 0 aliphatic carbocycles. The summed E-state index contributed by atoms with van der Waals surface area (Å²) < 4.78 is 3.89. The van der Waals surface area contributed by atoms with Gasteiger partial charge in [0, 0.05) is 17.3 Å². The van der Waals surface area contributed by atoms with Crippen molar-refractivity contribution < 1.29 is 0 Å². The normalized spacial score (nSPS) is 10.9. The minimum atomic E-state index is 0.654. The van der Waals surface area contributed by atoms with Crippen LogP contribution in [0.5, 0.6) is 0 Å². The molecule has 0 amide bonds. The van der Waals surface area contributed by atoms with E-state index >= 15 is 0 Å². The fraction of sp³-hybridized carbons (Fsp3) is 0.0435. The van der Waals surface area contributed by atoms with Gasteiger partial charge in [-0.05, 0) is 24.3 Å². The summed E-state index contributed by atoms with van der Waals surface area (Å²) in [7, 11) is 0. The lowest BCUT2D eigenvalue weighted by molar-refractivity contribution is 0.780. The fourth-order valence-electron chi connectivity index (χ4n) is 3.39. The standard InChI is InChI=1S/C23H18N6/c1-2-6-18(7-3-1)22-23(28(17-26-22)14-20-8-4-5-13-25-20)19-9-11-21(12-10-19)29-16-24-15-27-29/h1-13,15-17H,14H2. The molecule has 0 bridgehead atoms. The Morgan fingerprint density at radius 3 is 2.28 bits per heavy atom. The van der Waals surface area contributed by atoms with Crippen molar-refractivity contribution in [3.63, 3.8) is 0 Å². The molecule has 0 aliphatic rings. The molecule has 0 unspecified atom stereocenters. The molecular weight excluding hydrogens is 360 g/mol. The third-order valence-corrected chi connectivity index (χ3v) is 4.77. The van der Waals surface area contributed by atoms with E-state index in [0.717, 1.165) is 33.9 Å². The highest BCUT2D eigenvalue weighted by atomic mass is 15.3. The summed E-state index contributed by atoms with van der Waals surface area (Å²) in [6.07, 6.45) is 6.92. The van der Waals surface area contributed by atoms with E-state index < -0.39 is 0 Å². The zero-order valence-corrected chi connectivity index (χ0v) is 15.6. The van der Waals surface area contributed by atoms with E-state index in [1.54, 1.807) is 11.0 Å². The summed E-state index contributed by atoms with van der Waals surface area (Å²) in [5.74, 6) is 0. The molecule has 0 aliphatic heterocycles. The molecular formula is C23H18N6. The predicted octanol–water partition coefficient (Wildman–Crippen LogP) is 4.24. The number of hydrogen-bond acceptors (Lipinski definition) is 4. The van der Waals surface area contributed by atoms with Crippen molar-refractivity contribution in [3.05, 3.63) is 104 Å². The number of hydrogen-bond donors (Lipinski definition) is 0. The van der Waals surface area contributed by atoms with E-state index in [-0.39, 0.29) is 0 Å². The van der Waals surface area contributed by atoms with Crippen LogP contribution in [-0.4, -0.2) is 29.3 Å². The molecule has 0 saturated heterocycles. The molecule has 6 heteroatoms. The third-order valence-electron chi connectivity index (χ3n) is 4.77. The third kappa shape index (κ3) is 3.43. The van der Waals surface area contributed by atoms with Crippen LogP contribution in [0.1, 0.15) is 5.69 Å². The van der Waals surface area contributed by atoms with Crippen LogP contribution in [0.2, 0.25) is 0 Å². The van der Waals surface area contributed by atoms with Crippen molar-refractivity contribution in [1.29, 1.82) is 0 Å². The van der Waals surface area contributed by atoms with Crippen molar-refractivity contribution in [2.45, 2.75) is 6.54 Å². The highest BCUT2D eigenvalue weighted by molar-refractivity contribution is 5.79. The number of nitrogens with zero attached hydrogens (tertiary/aromatic N) is 6. The minimum absolute atomic E-state index is 0.654. The van der Waals surface area contributed by atoms with Crippen LogP contribution in [0.3, 0.4) is 0 Å².